The highest BCUT2D eigenvalue weighted by molar-refractivity contribution is 7.46. The molecule has 1 unspecified atom stereocenters. The fourth-order valence-corrected chi connectivity index (χ4v) is 2.18. The fourth-order valence-electron chi connectivity index (χ4n) is 1.46. The first-order valence-electron chi connectivity index (χ1n) is 4.72. The van der Waals surface area contributed by atoms with Crippen molar-refractivity contribution in [3.05, 3.63) is 0 Å². The summed E-state index contributed by atoms with van der Waals surface area (Å²) in [5.41, 5.74) is -1.86. The SMILES string of the molecule is CCC(C[N+](C)(C)C)(OP(=O)(O)O)C(=O)O. The van der Waals surface area contributed by atoms with Gasteiger partial charge in [0.2, 0.25) is 5.60 Å². The Bertz CT molecular complexity index is 306. The Labute approximate surface area is 94.5 Å². The Kier molecular flexibility index (Phi) is 4.67. The number of carboxylic acids is 1. The molecule has 0 rings (SSSR count). The number of quaternary nitrogens is 1. The number of hydrogen-bond donors (Lipinski definition) is 3. The van der Waals surface area contributed by atoms with Crippen LogP contribution in [-0.4, -0.2) is 58.6 Å². The molecule has 8 heteroatoms. The third-order valence-corrected chi connectivity index (χ3v) is 2.57. The maximum Gasteiger partial charge on any atom is 0.470 e. The summed E-state index contributed by atoms with van der Waals surface area (Å²) in [4.78, 5) is 28.6. The third-order valence-electron chi connectivity index (χ3n) is 1.98. The average Bonchev–Trinajstić information content (AvgIpc) is 1.97. The summed E-state index contributed by atoms with van der Waals surface area (Å²) in [5, 5.41) is 9.07. The van der Waals surface area contributed by atoms with Gasteiger partial charge >= 0.3 is 13.8 Å². The molecule has 0 amide bonds. The van der Waals surface area contributed by atoms with Crippen LogP contribution in [0, 0.1) is 0 Å². The molecule has 7 nitrogen and oxygen atoms in total. The molecule has 0 heterocycles. The second-order valence-electron chi connectivity index (χ2n) is 4.68. The van der Waals surface area contributed by atoms with Crippen LogP contribution in [0.25, 0.3) is 0 Å². The van der Waals surface area contributed by atoms with Gasteiger partial charge in [0.25, 0.3) is 0 Å². The molecule has 0 radical (unpaired) electrons. The van der Waals surface area contributed by atoms with Crippen LogP contribution >= 0.6 is 7.82 Å². The zero-order valence-corrected chi connectivity index (χ0v) is 10.8. The number of phosphoric acid groups is 1. The molecule has 0 aliphatic carbocycles. The van der Waals surface area contributed by atoms with E-state index < -0.39 is 19.4 Å². The van der Waals surface area contributed by atoms with E-state index in [0.717, 1.165) is 0 Å². The smallest absolute Gasteiger partial charge is 0.470 e. The van der Waals surface area contributed by atoms with Crippen molar-refractivity contribution in [2.24, 2.45) is 0 Å². The van der Waals surface area contributed by atoms with Gasteiger partial charge in [-0.25, -0.2) is 9.36 Å². The summed E-state index contributed by atoms with van der Waals surface area (Å²) in [6.07, 6.45) is -0.0248. The van der Waals surface area contributed by atoms with Gasteiger partial charge in [-0.1, -0.05) is 6.92 Å². The normalized spacial score (nSPS) is 16.9. The van der Waals surface area contributed by atoms with E-state index in [1.807, 2.05) is 0 Å². The van der Waals surface area contributed by atoms with Crippen LogP contribution in [0.5, 0.6) is 0 Å². The highest BCUT2D eigenvalue weighted by Crippen LogP contribution is 2.43. The molecule has 0 spiro atoms. The minimum atomic E-state index is -4.83. The average molecular weight is 256 g/mol. The van der Waals surface area contributed by atoms with Gasteiger partial charge < -0.3 is 19.4 Å². The minimum Gasteiger partial charge on any atom is -0.479 e. The fraction of sp³-hybridized carbons (Fsp3) is 0.875. The molecule has 0 saturated carbocycles. The van der Waals surface area contributed by atoms with Crippen molar-refractivity contribution < 1.29 is 33.3 Å². The van der Waals surface area contributed by atoms with Crippen LogP contribution in [0.2, 0.25) is 0 Å². The van der Waals surface area contributed by atoms with E-state index in [2.05, 4.69) is 4.52 Å². The number of aliphatic carboxylic acids is 1. The first-order chi connectivity index (χ1) is 6.92. The van der Waals surface area contributed by atoms with Crippen molar-refractivity contribution in [3.8, 4) is 0 Å². The van der Waals surface area contributed by atoms with Crippen molar-refractivity contribution in [2.75, 3.05) is 27.7 Å². The van der Waals surface area contributed by atoms with E-state index >= 15 is 0 Å². The number of phosphoric ester groups is 1. The molecule has 0 aliphatic heterocycles. The second-order valence-corrected chi connectivity index (χ2v) is 5.85. The molecular formula is C8H19NO6P+. The lowest BCUT2D eigenvalue weighted by molar-refractivity contribution is -0.875. The molecule has 96 valence electrons. The minimum absolute atomic E-state index is 0.0248. The van der Waals surface area contributed by atoms with Crippen molar-refractivity contribution in [1.82, 2.24) is 0 Å². The maximum atomic E-state index is 11.1. The summed E-state index contributed by atoms with van der Waals surface area (Å²) in [7, 11) is 0.321. The third kappa shape index (κ3) is 5.05. The summed E-state index contributed by atoms with van der Waals surface area (Å²) in [5.74, 6) is -1.37. The standard InChI is InChI=1S/C8H18NO6P/c1-5-8(7(10)11,6-9(2,3)4)15-16(12,13)14/h5-6H2,1-4H3,(H2-,10,11,12,13,14)/p+1. The van der Waals surface area contributed by atoms with Crippen LogP contribution in [-0.2, 0) is 13.9 Å². The van der Waals surface area contributed by atoms with Gasteiger partial charge in [-0.15, -0.1) is 0 Å². The number of likely N-dealkylation sites (N-methyl/N-ethyl adjacent to an activating group) is 1. The molecular weight excluding hydrogens is 237 g/mol. The molecule has 0 aromatic heterocycles. The van der Waals surface area contributed by atoms with Gasteiger partial charge in [-0.05, 0) is 6.42 Å². The van der Waals surface area contributed by atoms with Gasteiger partial charge in [-0.2, -0.15) is 0 Å². The quantitative estimate of drug-likeness (QED) is 0.457. The van der Waals surface area contributed by atoms with E-state index in [1.54, 1.807) is 21.1 Å². The number of nitrogens with zero attached hydrogens (tertiary/aromatic N) is 1. The largest absolute Gasteiger partial charge is 0.479 e. The van der Waals surface area contributed by atoms with Crippen molar-refractivity contribution >= 4 is 13.8 Å². The zero-order valence-electron chi connectivity index (χ0n) is 9.88. The van der Waals surface area contributed by atoms with Crippen LogP contribution in [0.4, 0.5) is 0 Å². The van der Waals surface area contributed by atoms with E-state index in [9.17, 15) is 9.36 Å². The Morgan fingerprint density at radius 2 is 1.81 bits per heavy atom. The highest BCUT2D eigenvalue weighted by atomic mass is 31.2. The lowest BCUT2D eigenvalue weighted by Gasteiger charge is -2.35. The number of rotatable bonds is 6. The second kappa shape index (κ2) is 4.81. The first-order valence-corrected chi connectivity index (χ1v) is 6.25. The maximum absolute atomic E-state index is 11.1. The van der Waals surface area contributed by atoms with Crippen molar-refractivity contribution in [3.63, 3.8) is 0 Å². The van der Waals surface area contributed by atoms with Crippen molar-refractivity contribution in [1.29, 1.82) is 0 Å². The molecule has 0 aliphatic rings. The van der Waals surface area contributed by atoms with Gasteiger partial charge in [0.05, 0.1) is 21.1 Å². The highest BCUT2D eigenvalue weighted by Gasteiger charge is 2.48. The van der Waals surface area contributed by atoms with Crippen LogP contribution in [0.3, 0.4) is 0 Å². The van der Waals surface area contributed by atoms with Crippen LogP contribution < -0.4 is 0 Å². The van der Waals surface area contributed by atoms with Gasteiger partial charge in [0, 0.05) is 0 Å². The van der Waals surface area contributed by atoms with E-state index in [0.29, 0.717) is 0 Å². The molecule has 0 bridgehead atoms. The van der Waals surface area contributed by atoms with Gasteiger partial charge in [0.1, 0.15) is 6.54 Å². The zero-order chi connectivity index (χ0) is 13.2. The van der Waals surface area contributed by atoms with Gasteiger partial charge in [-0.3, -0.25) is 4.52 Å². The number of carbonyl (C=O) groups is 1. The number of hydrogen-bond acceptors (Lipinski definition) is 3. The Morgan fingerprint density at radius 1 is 1.38 bits per heavy atom. The molecule has 16 heavy (non-hydrogen) atoms. The van der Waals surface area contributed by atoms with Crippen LogP contribution in [0.1, 0.15) is 13.3 Å². The molecule has 1 atom stereocenters. The Balaban J connectivity index is 5.18. The Morgan fingerprint density at radius 3 is 2.00 bits per heavy atom. The van der Waals surface area contributed by atoms with E-state index in [1.165, 1.54) is 6.92 Å². The predicted molar refractivity (Wildman–Crippen MR) is 56.7 cm³/mol. The van der Waals surface area contributed by atoms with Crippen LogP contribution in [0.15, 0.2) is 0 Å². The molecule has 0 fully saturated rings. The lowest BCUT2D eigenvalue weighted by atomic mass is 10.00. The molecule has 0 aromatic carbocycles. The molecule has 3 N–H and O–H groups in total. The van der Waals surface area contributed by atoms with E-state index in [4.69, 9.17) is 14.9 Å². The van der Waals surface area contributed by atoms with Crippen molar-refractivity contribution in [2.45, 2.75) is 18.9 Å². The number of carboxylic acid groups (broad SMARTS) is 1. The predicted octanol–water partition coefficient (Wildman–Crippen LogP) is 0.0353. The van der Waals surface area contributed by atoms with E-state index in [-0.39, 0.29) is 17.4 Å². The summed E-state index contributed by atoms with van der Waals surface area (Å²) < 4.78 is 15.5. The topological polar surface area (TPSA) is 104 Å². The molecule has 0 aromatic rings. The molecule has 0 saturated heterocycles. The Hall–Kier alpha value is -0.460. The summed E-state index contributed by atoms with van der Waals surface area (Å²) in [6, 6.07) is 0. The first kappa shape index (κ1) is 15.5. The summed E-state index contributed by atoms with van der Waals surface area (Å²) in [6.45, 7) is 1.48. The monoisotopic (exact) mass is 256 g/mol. The van der Waals surface area contributed by atoms with Gasteiger partial charge in [0.15, 0.2) is 0 Å². The lowest BCUT2D eigenvalue weighted by Crippen LogP contribution is -2.54. The summed E-state index contributed by atoms with van der Waals surface area (Å²) >= 11 is 0.